The number of ether oxygens (including phenoxy) is 3. The van der Waals surface area contributed by atoms with E-state index in [9.17, 15) is 19.5 Å². The van der Waals surface area contributed by atoms with Gasteiger partial charge in [-0.05, 0) is 57.9 Å². The zero-order valence-corrected chi connectivity index (χ0v) is 17.8. The van der Waals surface area contributed by atoms with E-state index in [2.05, 4.69) is 10.1 Å². The first-order valence-corrected chi connectivity index (χ1v) is 9.86. The Kier molecular flexibility index (Phi) is 8.05. The van der Waals surface area contributed by atoms with Gasteiger partial charge >= 0.3 is 12.1 Å². The minimum atomic E-state index is -1.37. The standard InChI is InChI=1S/C21H30N2O7/c1-21(2,3)30-20(27)23-11-9-15(10-12-23)22-18(25)14-5-7-16(8-6-14)29-13-17(24)19(26)28-4/h5-8,15,17,24H,9-13H2,1-4H3,(H,22,25)/t17-/m1/s1. The van der Waals surface area contributed by atoms with Gasteiger partial charge in [-0.1, -0.05) is 0 Å². The van der Waals surface area contributed by atoms with Crippen molar-refractivity contribution in [1.82, 2.24) is 10.2 Å². The maximum atomic E-state index is 12.5. The molecule has 0 aromatic heterocycles. The molecule has 1 atom stereocenters. The molecule has 0 bridgehead atoms. The average Bonchev–Trinajstić information content (AvgIpc) is 2.71. The Hall–Kier alpha value is -2.81. The van der Waals surface area contributed by atoms with Gasteiger partial charge in [-0.25, -0.2) is 9.59 Å². The molecular formula is C21H30N2O7. The van der Waals surface area contributed by atoms with Gasteiger partial charge in [0.1, 0.15) is 18.0 Å². The van der Waals surface area contributed by atoms with E-state index in [0.717, 1.165) is 0 Å². The molecule has 30 heavy (non-hydrogen) atoms. The van der Waals surface area contributed by atoms with Gasteiger partial charge < -0.3 is 29.5 Å². The summed E-state index contributed by atoms with van der Waals surface area (Å²) in [5.74, 6) is -0.573. The topological polar surface area (TPSA) is 114 Å². The van der Waals surface area contributed by atoms with Crippen LogP contribution in [0.4, 0.5) is 4.79 Å². The summed E-state index contributed by atoms with van der Waals surface area (Å²) in [6.45, 7) is 6.29. The number of hydrogen-bond donors (Lipinski definition) is 2. The van der Waals surface area contributed by atoms with Gasteiger partial charge in [-0.15, -0.1) is 0 Å². The van der Waals surface area contributed by atoms with Crippen molar-refractivity contribution in [1.29, 1.82) is 0 Å². The first kappa shape index (κ1) is 23.5. The third-order valence-electron chi connectivity index (χ3n) is 4.48. The van der Waals surface area contributed by atoms with Crippen LogP contribution in [0.3, 0.4) is 0 Å². The molecule has 1 aliphatic rings. The Labute approximate surface area is 176 Å². The van der Waals surface area contributed by atoms with Crippen molar-refractivity contribution in [2.75, 3.05) is 26.8 Å². The zero-order valence-electron chi connectivity index (χ0n) is 17.8. The molecule has 1 aromatic rings. The normalized spacial score (nSPS) is 15.8. The van der Waals surface area contributed by atoms with Crippen LogP contribution in [-0.2, 0) is 14.3 Å². The Morgan fingerprint density at radius 2 is 1.77 bits per heavy atom. The highest BCUT2D eigenvalue weighted by atomic mass is 16.6. The lowest BCUT2D eigenvalue weighted by molar-refractivity contribution is -0.151. The highest BCUT2D eigenvalue weighted by molar-refractivity contribution is 5.94. The first-order valence-electron chi connectivity index (χ1n) is 9.86. The summed E-state index contributed by atoms with van der Waals surface area (Å²) in [5.41, 5.74) is -0.0690. The number of aliphatic hydroxyl groups excluding tert-OH is 1. The molecule has 1 heterocycles. The molecule has 0 radical (unpaired) electrons. The Morgan fingerprint density at radius 1 is 1.17 bits per heavy atom. The summed E-state index contributed by atoms with van der Waals surface area (Å²) in [5, 5.41) is 12.5. The van der Waals surface area contributed by atoms with Gasteiger partial charge in [0.05, 0.1) is 7.11 Å². The summed E-state index contributed by atoms with van der Waals surface area (Å²) in [7, 11) is 1.18. The molecule has 1 aromatic carbocycles. The van der Waals surface area contributed by atoms with Crippen LogP contribution in [0.25, 0.3) is 0 Å². The number of likely N-dealkylation sites (tertiary alicyclic amines) is 1. The molecular weight excluding hydrogens is 392 g/mol. The zero-order chi connectivity index (χ0) is 22.3. The minimum Gasteiger partial charge on any atom is -0.490 e. The SMILES string of the molecule is COC(=O)[C@H](O)COc1ccc(C(=O)NC2CCN(C(=O)OC(C)(C)C)CC2)cc1. The summed E-state index contributed by atoms with van der Waals surface area (Å²) < 4.78 is 15.1. The van der Waals surface area contributed by atoms with Crippen molar-refractivity contribution in [3.05, 3.63) is 29.8 Å². The van der Waals surface area contributed by atoms with E-state index >= 15 is 0 Å². The van der Waals surface area contributed by atoms with E-state index in [1.165, 1.54) is 7.11 Å². The van der Waals surface area contributed by atoms with Crippen LogP contribution in [0.5, 0.6) is 5.75 Å². The van der Waals surface area contributed by atoms with Crippen molar-refractivity contribution >= 4 is 18.0 Å². The fraction of sp³-hybridized carbons (Fsp3) is 0.571. The molecule has 1 fully saturated rings. The maximum Gasteiger partial charge on any atom is 0.410 e. The van der Waals surface area contributed by atoms with E-state index in [4.69, 9.17) is 9.47 Å². The number of methoxy groups -OCH3 is 1. The molecule has 0 aliphatic carbocycles. The van der Waals surface area contributed by atoms with E-state index < -0.39 is 17.7 Å². The highest BCUT2D eigenvalue weighted by Crippen LogP contribution is 2.17. The number of nitrogens with one attached hydrogen (secondary N) is 1. The van der Waals surface area contributed by atoms with Gasteiger partial charge in [-0.3, -0.25) is 4.79 Å². The third kappa shape index (κ3) is 7.22. The predicted molar refractivity (Wildman–Crippen MR) is 108 cm³/mol. The van der Waals surface area contributed by atoms with Crippen LogP contribution in [0.2, 0.25) is 0 Å². The van der Waals surface area contributed by atoms with Crippen LogP contribution in [-0.4, -0.2) is 72.5 Å². The number of nitrogens with zero attached hydrogens (tertiary/aromatic N) is 1. The van der Waals surface area contributed by atoms with Gasteiger partial charge in [0.15, 0.2) is 6.10 Å². The second kappa shape index (κ2) is 10.3. The summed E-state index contributed by atoms with van der Waals surface area (Å²) in [6, 6.07) is 6.35. The predicted octanol–water partition coefficient (Wildman–Crippen LogP) is 1.73. The molecule has 9 nitrogen and oxygen atoms in total. The van der Waals surface area contributed by atoms with Crippen molar-refractivity contribution in [2.24, 2.45) is 0 Å². The second-order valence-electron chi connectivity index (χ2n) is 8.09. The summed E-state index contributed by atoms with van der Waals surface area (Å²) in [4.78, 5) is 37.4. The van der Waals surface area contributed by atoms with Crippen LogP contribution in [0.1, 0.15) is 44.0 Å². The van der Waals surface area contributed by atoms with E-state index in [-0.39, 0.29) is 24.6 Å². The molecule has 1 saturated heterocycles. The van der Waals surface area contributed by atoms with Crippen molar-refractivity contribution in [2.45, 2.75) is 51.4 Å². The largest absolute Gasteiger partial charge is 0.490 e. The number of carbonyl (C=O) groups is 3. The molecule has 0 saturated carbocycles. The van der Waals surface area contributed by atoms with E-state index in [0.29, 0.717) is 37.2 Å². The van der Waals surface area contributed by atoms with Gasteiger partial charge in [0.25, 0.3) is 5.91 Å². The van der Waals surface area contributed by atoms with Crippen LogP contribution in [0, 0.1) is 0 Å². The number of esters is 1. The lowest BCUT2D eigenvalue weighted by Crippen LogP contribution is -2.47. The second-order valence-corrected chi connectivity index (χ2v) is 8.09. The van der Waals surface area contributed by atoms with E-state index in [1.54, 1.807) is 29.2 Å². The first-order chi connectivity index (χ1) is 14.1. The minimum absolute atomic E-state index is 0.0256. The molecule has 1 aliphatic heterocycles. The maximum absolute atomic E-state index is 12.5. The van der Waals surface area contributed by atoms with Crippen LogP contribution < -0.4 is 10.1 Å². The molecule has 2 amide bonds. The van der Waals surface area contributed by atoms with Crippen LogP contribution >= 0.6 is 0 Å². The van der Waals surface area contributed by atoms with Crippen molar-refractivity contribution < 1.29 is 33.7 Å². The number of hydrogen-bond acceptors (Lipinski definition) is 7. The van der Waals surface area contributed by atoms with Crippen LogP contribution in [0.15, 0.2) is 24.3 Å². The average molecular weight is 422 g/mol. The monoisotopic (exact) mass is 422 g/mol. The van der Waals surface area contributed by atoms with Crippen molar-refractivity contribution in [3.8, 4) is 5.75 Å². The quantitative estimate of drug-likeness (QED) is 0.671. The molecule has 166 valence electrons. The molecule has 2 N–H and O–H groups in total. The molecule has 9 heteroatoms. The number of rotatable bonds is 6. The smallest absolute Gasteiger partial charge is 0.410 e. The number of amides is 2. The number of carbonyl (C=O) groups excluding carboxylic acids is 3. The fourth-order valence-electron chi connectivity index (χ4n) is 2.88. The molecule has 0 spiro atoms. The summed E-state index contributed by atoms with van der Waals surface area (Å²) >= 11 is 0. The Bertz CT molecular complexity index is 735. The van der Waals surface area contributed by atoms with Gasteiger partial charge in [-0.2, -0.15) is 0 Å². The van der Waals surface area contributed by atoms with Crippen molar-refractivity contribution in [3.63, 3.8) is 0 Å². The Morgan fingerprint density at radius 3 is 2.30 bits per heavy atom. The number of aliphatic hydroxyl groups is 1. The van der Waals surface area contributed by atoms with E-state index in [1.807, 2.05) is 20.8 Å². The lowest BCUT2D eigenvalue weighted by Gasteiger charge is -2.33. The third-order valence-corrected chi connectivity index (χ3v) is 4.48. The van der Waals surface area contributed by atoms with Gasteiger partial charge in [0, 0.05) is 24.7 Å². The Balaban J connectivity index is 1.79. The number of benzene rings is 1. The highest BCUT2D eigenvalue weighted by Gasteiger charge is 2.27. The number of piperidine rings is 1. The lowest BCUT2D eigenvalue weighted by atomic mass is 10.0. The van der Waals surface area contributed by atoms with Gasteiger partial charge in [0.2, 0.25) is 0 Å². The fourth-order valence-corrected chi connectivity index (χ4v) is 2.88. The summed E-state index contributed by atoms with van der Waals surface area (Å²) in [6.07, 6.45) is -0.403. The molecule has 2 rings (SSSR count). The molecule has 0 unspecified atom stereocenters.